The van der Waals surface area contributed by atoms with Gasteiger partial charge in [-0.2, -0.15) is 0 Å². The van der Waals surface area contributed by atoms with Gasteiger partial charge in [0.25, 0.3) is 10.0 Å². The summed E-state index contributed by atoms with van der Waals surface area (Å²) in [5, 5.41) is 2.83. The summed E-state index contributed by atoms with van der Waals surface area (Å²) in [5.41, 5.74) is 1.26. The molecule has 0 amide bonds. The number of sulfonamides is 1. The summed E-state index contributed by atoms with van der Waals surface area (Å²) in [6.45, 7) is 1.78. The molecule has 7 heteroatoms. The molecule has 0 saturated carbocycles. The van der Waals surface area contributed by atoms with E-state index in [4.69, 9.17) is 0 Å². The van der Waals surface area contributed by atoms with Gasteiger partial charge < -0.3 is 5.32 Å². The number of nitrogens with zero attached hydrogens (tertiary/aromatic N) is 2. The molecule has 0 spiro atoms. The lowest BCUT2D eigenvalue weighted by molar-refractivity contribution is 0.601. The summed E-state index contributed by atoms with van der Waals surface area (Å²) in [4.78, 5) is 8.01. The van der Waals surface area contributed by atoms with E-state index in [0.29, 0.717) is 11.5 Å². The maximum atomic E-state index is 12.2. The van der Waals surface area contributed by atoms with Crippen LogP contribution < -0.4 is 10.0 Å². The smallest absolute Gasteiger partial charge is 0.263 e. The Hall–Kier alpha value is -2.15. The van der Waals surface area contributed by atoms with Crippen LogP contribution in [0.2, 0.25) is 0 Å². The van der Waals surface area contributed by atoms with Crippen LogP contribution in [0.25, 0.3) is 0 Å². The Bertz CT molecular complexity index is 668. The van der Waals surface area contributed by atoms with Crippen LogP contribution in [0.3, 0.4) is 0 Å². The summed E-state index contributed by atoms with van der Waals surface area (Å²) in [6.07, 6.45) is 4.44. The van der Waals surface area contributed by atoms with Crippen molar-refractivity contribution in [2.45, 2.75) is 11.8 Å². The fourth-order valence-electron chi connectivity index (χ4n) is 1.48. The Morgan fingerprint density at radius 2 is 1.95 bits per heavy atom. The monoisotopic (exact) mass is 278 g/mol. The normalized spacial score (nSPS) is 11.1. The predicted octanol–water partition coefficient (Wildman–Crippen LogP) is 1.63. The molecular formula is C12H14N4O2S. The Morgan fingerprint density at radius 3 is 2.53 bits per heavy atom. The zero-order valence-corrected chi connectivity index (χ0v) is 11.4. The highest BCUT2D eigenvalue weighted by atomic mass is 32.2. The third-order valence-electron chi connectivity index (χ3n) is 2.57. The van der Waals surface area contributed by atoms with Gasteiger partial charge in [0, 0.05) is 25.6 Å². The lowest BCUT2D eigenvalue weighted by atomic mass is 10.3. The molecule has 2 aromatic heterocycles. The molecule has 2 rings (SSSR count). The van der Waals surface area contributed by atoms with Gasteiger partial charge in [0.1, 0.15) is 10.7 Å². The van der Waals surface area contributed by atoms with Gasteiger partial charge in [0.15, 0.2) is 0 Å². The number of aryl methyl sites for hydroxylation is 1. The van der Waals surface area contributed by atoms with Gasteiger partial charge in [-0.15, -0.1) is 0 Å². The first-order valence-electron chi connectivity index (χ1n) is 5.60. The summed E-state index contributed by atoms with van der Waals surface area (Å²) < 4.78 is 26.8. The second-order valence-corrected chi connectivity index (χ2v) is 5.61. The number of hydrogen-bond acceptors (Lipinski definition) is 5. The molecule has 6 nitrogen and oxygen atoms in total. The second kappa shape index (κ2) is 5.23. The van der Waals surface area contributed by atoms with E-state index in [9.17, 15) is 8.42 Å². The van der Waals surface area contributed by atoms with Crippen molar-refractivity contribution in [2.24, 2.45) is 0 Å². The number of nitrogens with one attached hydrogen (secondary N) is 2. The first-order valence-corrected chi connectivity index (χ1v) is 7.08. The van der Waals surface area contributed by atoms with Crippen LogP contribution in [0.4, 0.5) is 11.5 Å². The molecule has 0 fully saturated rings. The molecule has 2 heterocycles. The summed E-state index contributed by atoms with van der Waals surface area (Å²) >= 11 is 0. The van der Waals surface area contributed by atoms with E-state index in [2.05, 4.69) is 20.0 Å². The molecule has 0 radical (unpaired) electrons. The van der Waals surface area contributed by atoms with Crippen LogP contribution in [0.5, 0.6) is 0 Å². The topological polar surface area (TPSA) is 84.0 Å². The molecule has 0 atom stereocenters. The summed E-state index contributed by atoms with van der Waals surface area (Å²) in [6, 6.07) is 4.72. The maximum absolute atomic E-state index is 12.2. The van der Waals surface area contributed by atoms with E-state index >= 15 is 0 Å². The molecule has 0 unspecified atom stereocenters. The molecule has 100 valence electrons. The van der Waals surface area contributed by atoms with E-state index < -0.39 is 10.0 Å². The standard InChI is InChI=1S/C12H14N4O2S/c1-9-7-14-6-5-11(9)16-19(17,18)10-3-4-12(13-2)15-8-10/h3-8H,1-2H3,(H,13,15)(H,14,16). The van der Waals surface area contributed by atoms with Crippen molar-refractivity contribution < 1.29 is 8.42 Å². The van der Waals surface area contributed by atoms with Crippen molar-refractivity contribution in [3.8, 4) is 0 Å². The highest BCUT2D eigenvalue weighted by Gasteiger charge is 2.15. The van der Waals surface area contributed by atoms with Crippen molar-refractivity contribution in [2.75, 3.05) is 17.1 Å². The number of hydrogen-bond donors (Lipinski definition) is 2. The van der Waals surface area contributed by atoms with E-state index in [1.165, 1.54) is 18.5 Å². The third kappa shape index (κ3) is 3.00. The van der Waals surface area contributed by atoms with Crippen molar-refractivity contribution in [3.63, 3.8) is 0 Å². The van der Waals surface area contributed by atoms with Gasteiger partial charge in [-0.25, -0.2) is 13.4 Å². The SMILES string of the molecule is CNc1ccc(S(=O)(=O)Nc2ccncc2C)cn1. The highest BCUT2D eigenvalue weighted by molar-refractivity contribution is 7.92. The molecule has 0 saturated heterocycles. The fraction of sp³-hybridized carbons (Fsp3) is 0.167. The number of rotatable bonds is 4. The predicted molar refractivity (Wildman–Crippen MR) is 73.6 cm³/mol. The average Bonchev–Trinajstić information content (AvgIpc) is 2.41. The van der Waals surface area contributed by atoms with Crippen molar-refractivity contribution >= 4 is 21.5 Å². The molecule has 19 heavy (non-hydrogen) atoms. The Balaban J connectivity index is 2.30. The van der Waals surface area contributed by atoms with Gasteiger partial charge >= 0.3 is 0 Å². The zero-order valence-electron chi connectivity index (χ0n) is 10.6. The van der Waals surface area contributed by atoms with Crippen LogP contribution in [-0.2, 0) is 10.0 Å². The quantitative estimate of drug-likeness (QED) is 0.888. The van der Waals surface area contributed by atoms with Crippen molar-refractivity contribution in [1.29, 1.82) is 0 Å². The van der Waals surface area contributed by atoms with Gasteiger partial charge in [-0.3, -0.25) is 9.71 Å². The van der Waals surface area contributed by atoms with Crippen LogP contribution in [0.15, 0.2) is 41.7 Å². The zero-order chi connectivity index (χ0) is 13.9. The van der Waals surface area contributed by atoms with E-state index in [1.807, 2.05) is 0 Å². The van der Waals surface area contributed by atoms with Crippen molar-refractivity contribution in [3.05, 3.63) is 42.4 Å². The van der Waals surface area contributed by atoms with Crippen molar-refractivity contribution in [1.82, 2.24) is 9.97 Å². The van der Waals surface area contributed by atoms with Crippen LogP contribution in [0, 0.1) is 6.92 Å². The van der Waals surface area contributed by atoms with Gasteiger partial charge in [0.05, 0.1) is 5.69 Å². The second-order valence-electron chi connectivity index (χ2n) is 3.93. The minimum Gasteiger partial charge on any atom is -0.373 e. The highest BCUT2D eigenvalue weighted by Crippen LogP contribution is 2.18. The van der Waals surface area contributed by atoms with Crippen LogP contribution in [0.1, 0.15) is 5.56 Å². The number of anilines is 2. The van der Waals surface area contributed by atoms with Crippen LogP contribution >= 0.6 is 0 Å². The first kappa shape index (κ1) is 13.3. The maximum Gasteiger partial charge on any atom is 0.263 e. The minimum atomic E-state index is -3.63. The summed E-state index contributed by atoms with van der Waals surface area (Å²) in [7, 11) is -1.91. The first-order chi connectivity index (χ1) is 9.03. The molecule has 0 aliphatic carbocycles. The Morgan fingerprint density at radius 1 is 1.16 bits per heavy atom. The van der Waals surface area contributed by atoms with Gasteiger partial charge in [-0.1, -0.05) is 0 Å². The molecular weight excluding hydrogens is 264 g/mol. The molecule has 0 aliphatic heterocycles. The fourth-order valence-corrected chi connectivity index (χ4v) is 2.55. The minimum absolute atomic E-state index is 0.114. The Labute approximate surface area is 112 Å². The van der Waals surface area contributed by atoms with Gasteiger partial charge in [0.2, 0.25) is 0 Å². The molecule has 0 aromatic carbocycles. The average molecular weight is 278 g/mol. The Kier molecular flexibility index (Phi) is 3.66. The number of pyridine rings is 2. The van der Waals surface area contributed by atoms with Gasteiger partial charge in [-0.05, 0) is 30.7 Å². The molecule has 0 aliphatic rings. The molecule has 2 N–H and O–H groups in total. The molecule has 0 bridgehead atoms. The largest absolute Gasteiger partial charge is 0.373 e. The summed E-state index contributed by atoms with van der Waals surface area (Å²) in [5.74, 6) is 0.610. The lowest BCUT2D eigenvalue weighted by Gasteiger charge is -2.10. The van der Waals surface area contributed by atoms with E-state index in [-0.39, 0.29) is 4.90 Å². The van der Waals surface area contributed by atoms with E-state index in [0.717, 1.165) is 5.56 Å². The molecule has 2 aromatic rings. The number of aromatic nitrogens is 2. The third-order valence-corrected chi connectivity index (χ3v) is 3.92. The van der Waals surface area contributed by atoms with Crippen LogP contribution in [-0.4, -0.2) is 25.4 Å². The van der Waals surface area contributed by atoms with E-state index in [1.54, 1.807) is 32.3 Å². The lowest BCUT2D eigenvalue weighted by Crippen LogP contribution is -2.14.